The molecule has 3 N–H and O–H groups in total. The predicted octanol–water partition coefficient (Wildman–Crippen LogP) is 4.09. The molecule has 1 aliphatic rings. The van der Waals surface area contributed by atoms with Crippen LogP contribution in [0.2, 0.25) is 0 Å². The summed E-state index contributed by atoms with van der Waals surface area (Å²) in [6.45, 7) is 2.09. The Labute approximate surface area is 170 Å². The third kappa shape index (κ3) is 2.83. The van der Waals surface area contributed by atoms with Crippen LogP contribution in [0.1, 0.15) is 24.5 Å². The molecule has 0 saturated carbocycles. The van der Waals surface area contributed by atoms with Gasteiger partial charge in [-0.25, -0.2) is 4.98 Å². The number of fused-ring (bicyclic) bond motifs is 2. The number of H-pyrrole nitrogens is 2. The van der Waals surface area contributed by atoms with Gasteiger partial charge in [0.25, 0.3) is 0 Å². The summed E-state index contributed by atoms with van der Waals surface area (Å²) in [7, 11) is 0. The highest BCUT2D eigenvalue weighted by molar-refractivity contribution is 7.08. The van der Waals surface area contributed by atoms with E-state index in [9.17, 15) is 0 Å². The van der Waals surface area contributed by atoms with Crippen LogP contribution in [0, 0.1) is 0 Å². The molecule has 0 aromatic carbocycles. The van der Waals surface area contributed by atoms with E-state index in [2.05, 4.69) is 53.4 Å². The number of rotatable bonds is 3. The van der Waals surface area contributed by atoms with E-state index in [0.717, 1.165) is 76.3 Å². The van der Waals surface area contributed by atoms with Gasteiger partial charge >= 0.3 is 0 Å². The molecule has 1 fully saturated rings. The molecular weight excluding hydrogens is 382 g/mol. The van der Waals surface area contributed by atoms with Crippen molar-refractivity contribution in [3.05, 3.63) is 47.0 Å². The molecule has 5 aromatic rings. The van der Waals surface area contributed by atoms with Crippen molar-refractivity contribution < 1.29 is 0 Å². The van der Waals surface area contributed by atoms with E-state index in [1.807, 2.05) is 18.5 Å². The van der Waals surface area contributed by atoms with Gasteiger partial charge in [0, 0.05) is 34.1 Å². The molecule has 1 saturated heterocycles. The maximum absolute atomic E-state index is 4.88. The van der Waals surface area contributed by atoms with Crippen LogP contribution in [0.15, 0.2) is 41.4 Å². The van der Waals surface area contributed by atoms with Crippen molar-refractivity contribution in [1.82, 2.24) is 35.5 Å². The predicted molar refractivity (Wildman–Crippen MR) is 115 cm³/mol. The lowest BCUT2D eigenvalue weighted by molar-refractivity contribution is 0.453. The molecular formula is C21H19N7S. The Bertz CT molecular complexity index is 1300. The van der Waals surface area contributed by atoms with Crippen molar-refractivity contribution >= 4 is 33.3 Å². The summed E-state index contributed by atoms with van der Waals surface area (Å²) in [4.78, 5) is 17.6. The van der Waals surface area contributed by atoms with E-state index in [4.69, 9.17) is 4.98 Å². The molecule has 0 bridgehead atoms. The SMILES string of the molecule is c1cc2[nH]c(-c3n[nH]c4cnc(C5CCNCC5)cc34)nc2c(-c2ccsc2)n1. The molecule has 5 aromatic heterocycles. The van der Waals surface area contributed by atoms with Gasteiger partial charge in [-0.1, -0.05) is 0 Å². The van der Waals surface area contributed by atoms with E-state index in [-0.39, 0.29) is 0 Å². The number of thiophene rings is 1. The van der Waals surface area contributed by atoms with E-state index < -0.39 is 0 Å². The molecule has 144 valence electrons. The smallest absolute Gasteiger partial charge is 0.159 e. The highest BCUT2D eigenvalue weighted by Crippen LogP contribution is 2.32. The number of imidazole rings is 1. The molecule has 0 amide bonds. The minimum Gasteiger partial charge on any atom is -0.336 e. The van der Waals surface area contributed by atoms with Gasteiger partial charge in [0.15, 0.2) is 5.82 Å². The van der Waals surface area contributed by atoms with Gasteiger partial charge in [0.1, 0.15) is 11.2 Å². The maximum atomic E-state index is 4.88. The topological polar surface area (TPSA) is 95.2 Å². The Hall–Kier alpha value is -3.10. The Kier molecular flexibility index (Phi) is 3.92. The highest BCUT2D eigenvalue weighted by Gasteiger charge is 2.20. The lowest BCUT2D eigenvalue weighted by Gasteiger charge is -2.21. The molecule has 29 heavy (non-hydrogen) atoms. The van der Waals surface area contributed by atoms with Gasteiger partial charge in [-0.2, -0.15) is 16.4 Å². The van der Waals surface area contributed by atoms with Gasteiger partial charge in [0.05, 0.1) is 22.9 Å². The van der Waals surface area contributed by atoms with Crippen LogP contribution in [-0.2, 0) is 0 Å². The number of nitrogens with one attached hydrogen (secondary N) is 3. The minimum absolute atomic E-state index is 0.494. The third-order valence-electron chi connectivity index (χ3n) is 5.65. The van der Waals surface area contributed by atoms with Gasteiger partial charge in [-0.3, -0.25) is 15.1 Å². The summed E-state index contributed by atoms with van der Waals surface area (Å²) in [6.07, 6.45) is 5.95. The summed E-state index contributed by atoms with van der Waals surface area (Å²) < 4.78 is 0. The Morgan fingerprint density at radius 2 is 1.97 bits per heavy atom. The van der Waals surface area contributed by atoms with Crippen LogP contribution in [0.25, 0.3) is 44.7 Å². The first kappa shape index (κ1) is 16.8. The molecule has 0 spiro atoms. The number of aromatic nitrogens is 6. The molecule has 0 atom stereocenters. The first-order valence-corrected chi connectivity index (χ1v) is 10.7. The molecule has 6 rings (SSSR count). The third-order valence-corrected chi connectivity index (χ3v) is 6.33. The lowest BCUT2D eigenvalue weighted by Crippen LogP contribution is -2.27. The molecule has 6 heterocycles. The van der Waals surface area contributed by atoms with Gasteiger partial charge in [0.2, 0.25) is 0 Å². The summed E-state index contributed by atoms with van der Waals surface area (Å²) >= 11 is 1.66. The lowest BCUT2D eigenvalue weighted by atomic mass is 9.93. The van der Waals surface area contributed by atoms with Gasteiger partial charge in [-0.15, -0.1) is 0 Å². The largest absolute Gasteiger partial charge is 0.336 e. The van der Waals surface area contributed by atoms with Crippen molar-refractivity contribution in [3.63, 3.8) is 0 Å². The summed E-state index contributed by atoms with van der Waals surface area (Å²) in [6, 6.07) is 6.20. The monoisotopic (exact) mass is 401 g/mol. The van der Waals surface area contributed by atoms with Crippen LogP contribution in [-0.4, -0.2) is 43.2 Å². The number of pyridine rings is 2. The van der Waals surface area contributed by atoms with Crippen LogP contribution in [0.4, 0.5) is 0 Å². The van der Waals surface area contributed by atoms with Crippen molar-refractivity contribution in [2.45, 2.75) is 18.8 Å². The molecule has 0 aliphatic carbocycles. The Morgan fingerprint density at radius 1 is 1.03 bits per heavy atom. The van der Waals surface area contributed by atoms with Crippen molar-refractivity contribution in [2.24, 2.45) is 0 Å². The average Bonchev–Trinajstić information content (AvgIpc) is 3.52. The molecule has 1 aliphatic heterocycles. The van der Waals surface area contributed by atoms with E-state index in [1.54, 1.807) is 11.3 Å². The second-order valence-corrected chi connectivity index (χ2v) is 8.18. The van der Waals surface area contributed by atoms with Crippen molar-refractivity contribution in [3.8, 4) is 22.8 Å². The van der Waals surface area contributed by atoms with Crippen molar-refractivity contribution in [2.75, 3.05) is 13.1 Å². The number of nitrogens with zero attached hydrogens (tertiary/aromatic N) is 4. The van der Waals surface area contributed by atoms with Gasteiger partial charge in [-0.05, 0) is 49.5 Å². The van der Waals surface area contributed by atoms with Gasteiger partial charge < -0.3 is 10.3 Å². The maximum Gasteiger partial charge on any atom is 0.159 e. The van der Waals surface area contributed by atoms with E-state index >= 15 is 0 Å². The highest BCUT2D eigenvalue weighted by atomic mass is 32.1. The zero-order valence-corrected chi connectivity index (χ0v) is 16.5. The van der Waals surface area contributed by atoms with Crippen LogP contribution < -0.4 is 5.32 Å². The fourth-order valence-corrected chi connectivity index (χ4v) is 4.75. The first-order valence-electron chi connectivity index (χ1n) is 9.79. The van der Waals surface area contributed by atoms with Crippen LogP contribution >= 0.6 is 11.3 Å². The molecule has 0 unspecified atom stereocenters. The summed E-state index contributed by atoms with van der Waals surface area (Å²) in [5.41, 5.74) is 6.69. The number of aromatic amines is 2. The second-order valence-electron chi connectivity index (χ2n) is 7.40. The number of hydrogen-bond acceptors (Lipinski definition) is 6. The number of hydrogen-bond donors (Lipinski definition) is 3. The normalized spacial score (nSPS) is 15.4. The quantitative estimate of drug-likeness (QED) is 0.423. The van der Waals surface area contributed by atoms with Crippen LogP contribution in [0.3, 0.4) is 0 Å². The fourth-order valence-electron chi connectivity index (χ4n) is 4.11. The summed E-state index contributed by atoms with van der Waals surface area (Å²) in [5, 5.41) is 16.3. The molecule has 7 nitrogen and oxygen atoms in total. The Morgan fingerprint density at radius 3 is 2.83 bits per heavy atom. The molecule has 8 heteroatoms. The Balaban J connectivity index is 1.48. The first-order chi connectivity index (χ1) is 14.4. The van der Waals surface area contributed by atoms with E-state index in [1.165, 1.54) is 0 Å². The number of piperidine rings is 1. The fraction of sp³-hybridized carbons (Fsp3) is 0.238. The van der Waals surface area contributed by atoms with Crippen LogP contribution in [0.5, 0.6) is 0 Å². The minimum atomic E-state index is 0.494. The second kappa shape index (κ2) is 6.75. The average molecular weight is 401 g/mol. The zero-order chi connectivity index (χ0) is 19.2. The standard InChI is InChI=1S/C21H19N7S/c1-5-22-6-2-12(1)16-9-14-17(10-24-16)27-28-19(14)21-25-15-3-7-23-18(20(15)26-21)13-4-8-29-11-13/h3-4,7-12,22H,1-2,5-6H2,(H,25,26)(H,27,28). The van der Waals surface area contributed by atoms with Crippen molar-refractivity contribution in [1.29, 1.82) is 0 Å². The zero-order valence-electron chi connectivity index (χ0n) is 15.6. The van der Waals surface area contributed by atoms with E-state index in [0.29, 0.717) is 5.92 Å². The summed E-state index contributed by atoms with van der Waals surface area (Å²) in [5.74, 6) is 1.24. The molecule has 0 radical (unpaired) electrons.